The van der Waals surface area contributed by atoms with E-state index >= 15 is 0 Å². The Morgan fingerprint density at radius 2 is 1.76 bits per heavy atom. The molecule has 0 fully saturated rings. The van der Waals surface area contributed by atoms with Crippen molar-refractivity contribution in [2.75, 3.05) is 26.4 Å². The van der Waals surface area contributed by atoms with Crippen LogP contribution in [0.3, 0.4) is 0 Å². The highest BCUT2D eigenvalue weighted by atomic mass is 16.6. The molecule has 3 rings (SSSR count). The summed E-state index contributed by atoms with van der Waals surface area (Å²) < 4.78 is 16.9. The van der Waals surface area contributed by atoms with Gasteiger partial charge < -0.3 is 19.5 Å². The fourth-order valence-corrected chi connectivity index (χ4v) is 3.15. The maximum atomic E-state index is 12.0. The normalized spacial score (nSPS) is 13.1. The van der Waals surface area contributed by atoms with Gasteiger partial charge in [0, 0.05) is 13.0 Å². The first-order valence-electron chi connectivity index (χ1n) is 10.3. The summed E-state index contributed by atoms with van der Waals surface area (Å²) in [7, 11) is 0. The minimum absolute atomic E-state index is 0.0502. The molecule has 1 heterocycles. The monoisotopic (exact) mass is 397 g/mol. The number of carbonyl (C=O) groups is 1. The number of nitrogens with one attached hydrogen (secondary N) is 1. The Morgan fingerprint density at radius 1 is 1.03 bits per heavy atom. The molecule has 0 spiro atoms. The van der Waals surface area contributed by atoms with E-state index in [1.165, 1.54) is 5.56 Å². The van der Waals surface area contributed by atoms with E-state index in [1.54, 1.807) is 0 Å². The molecule has 0 aromatic heterocycles. The molecule has 0 radical (unpaired) electrons. The van der Waals surface area contributed by atoms with Crippen LogP contribution in [0.5, 0.6) is 17.2 Å². The van der Waals surface area contributed by atoms with Crippen LogP contribution >= 0.6 is 0 Å². The van der Waals surface area contributed by atoms with Crippen molar-refractivity contribution in [3.63, 3.8) is 0 Å². The highest BCUT2D eigenvalue weighted by Crippen LogP contribution is 2.30. The number of hydrogen-bond donors (Lipinski definition) is 1. The van der Waals surface area contributed by atoms with E-state index in [-0.39, 0.29) is 11.3 Å². The lowest BCUT2D eigenvalue weighted by Crippen LogP contribution is -2.25. The third-order valence-corrected chi connectivity index (χ3v) is 4.88. The average molecular weight is 398 g/mol. The van der Waals surface area contributed by atoms with Crippen LogP contribution in [0.1, 0.15) is 44.7 Å². The first-order valence-corrected chi connectivity index (χ1v) is 10.3. The largest absolute Gasteiger partial charge is 0.494 e. The van der Waals surface area contributed by atoms with Crippen molar-refractivity contribution in [1.29, 1.82) is 0 Å². The lowest BCUT2D eigenvalue weighted by atomic mass is 9.87. The highest BCUT2D eigenvalue weighted by molar-refractivity contribution is 5.75. The van der Waals surface area contributed by atoms with Crippen molar-refractivity contribution >= 4 is 5.91 Å². The zero-order valence-corrected chi connectivity index (χ0v) is 17.6. The van der Waals surface area contributed by atoms with Crippen LogP contribution in [0.25, 0.3) is 0 Å². The summed E-state index contributed by atoms with van der Waals surface area (Å²) in [6.07, 6.45) is 1.91. The Bertz CT molecular complexity index is 809. The Kier molecular flexibility index (Phi) is 7.02. The smallest absolute Gasteiger partial charge is 0.220 e. The fraction of sp³-hybridized carbons (Fsp3) is 0.458. The van der Waals surface area contributed by atoms with Crippen LogP contribution in [-0.4, -0.2) is 32.3 Å². The van der Waals surface area contributed by atoms with E-state index in [0.29, 0.717) is 39.2 Å². The number of ether oxygens (including phenoxy) is 3. The minimum Gasteiger partial charge on any atom is -0.494 e. The number of hydrogen-bond acceptors (Lipinski definition) is 4. The van der Waals surface area contributed by atoms with Gasteiger partial charge >= 0.3 is 0 Å². The first-order chi connectivity index (χ1) is 13.9. The number of amides is 1. The molecule has 1 aliphatic rings. The van der Waals surface area contributed by atoms with Crippen molar-refractivity contribution in [2.24, 2.45) is 0 Å². The zero-order chi connectivity index (χ0) is 20.7. The quantitative estimate of drug-likeness (QED) is 0.676. The fourth-order valence-electron chi connectivity index (χ4n) is 3.15. The van der Waals surface area contributed by atoms with Gasteiger partial charge in [-0.25, -0.2) is 0 Å². The van der Waals surface area contributed by atoms with Crippen LogP contribution in [0.2, 0.25) is 0 Å². The summed E-state index contributed by atoms with van der Waals surface area (Å²) in [4.78, 5) is 12.0. The van der Waals surface area contributed by atoms with Crippen molar-refractivity contribution in [3.05, 3.63) is 53.6 Å². The summed E-state index contributed by atoms with van der Waals surface area (Å²) in [6, 6.07) is 14.1. The molecule has 0 saturated carbocycles. The number of carbonyl (C=O) groups excluding carboxylic acids is 1. The van der Waals surface area contributed by atoms with Gasteiger partial charge in [0.25, 0.3) is 0 Å². The van der Waals surface area contributed by atoms with Crippen molar-refractivity contribution in [3.8, 4) is 17.2 Å². The Morgan fingerprint density at radius 3 is 2.48 bits per heavy atom. The molecule has 156 valence electrons. The van der Waals surface area contributed by atoms with Crippen LogP contribution < -0.4 is 19.5 Å². The van der Waals surface area contributed by atoms with E-state index in [9.17, 15) is 4.79 Å². The van der Waals surface area contributed by atoms with E-state index in [2.05, 4.69) is 38.2 Å². The summed E-state index contributed by atoms with van der Waals surface area (Å²) >= 11 is 0. The summed E-state index contributed by atoms with van der Waals surface area (Å²) in [5.74, 6) is 2.47. The molecule has 0 atom stereocenters. The van der Waals surface area contributed by atoms with Gasteiger partial charge in [-0.3, -0.25) is 4.79 Å². The average Bonchev–Trinajstić information content (AvgIpc) is 2.71. The van der Waals surface area contributed by atoms with Crippen LogP contribution in [0, 0.1) is 0 Å². The molecule has 0 aliphatic carbocycles. The van der Waals surface area contributed by atoms with Crippen molar-refractivity contribution in [1.82, 2.24) is 5.32 Å². The Balaban J connectivity index is 1.31. The maximum Gasteiger partial charge on any atom is 0.220 e. The standard InChI is InChI=1S/C24H31NO4/c1-24(2,3)19-7-9-20(10-8-19)27-14-4-5-23(26)25-13-12-18-6-11-21-22(17-18)29-16-15-28-21/h6-11,17H,4-5,12-16H2,1-3H3,(H,25,26). The number of rotatable bonds is 8. The predicted octanol–water partition coefficient (Wildman–Crippen LogP) is 4.27. The Hall–Kier alpha value is -2.69. The molecule has 29 heavy (non-hydrogen) atoms. The molecule has 1 N–H and O–H groups in total. The van der Waals surface area contributed by atoms with Crippen LogP contribution in [0.15, 0.2) is 42.5 Å². The topological polar surface area (TPSA) is 56.8 Å². The van der Waals surface area contributed by atoms with Gasteiger partial charge in [-0.15, -0.1) is 0 Å². The molecule has 0 unspecified atom stereocenters. The van der Waals surface area contributed by atoms with Gasteiger partial charge in [-0.05, 0) is 53.6 Å². The minimum atomic E-state index is 0.0502. The van der Waals surface area contributed by atoms with E-state index in [4.69, 9.17) is 14.2 Å². The molecule has 0 saturated heterocycles. The third kappa shape index (κ3) is 6.41. The van der Waals surface area contributed by atoms with Gasteiger partial charge in [0.05, 0.1) is 6.61 Å². The molecule has 1 aliphatic heterocycles. The zero-order valence-electron chi connectivity index (χ0n) is 17.6. The molecular formula is C24H31NO4. The predicted molar refractivity (Wildman–Crippen MR) is 114 cm³/mol. The lowest BCUT2D eigenvalue weighted by molar-refractivity contribution is -0.121. The number of benzene rings is 2. The van der Waals surface area contributed by atoms with Crippen molar-refractivity contribution < 1.29 is 19.0 Å². The van der Waals surface area contributed by atoms with Gasteiger partial charge in [0.15, 0.2) is 11.5 Å². The highest BCUT2D eigenvalue weighted by Gasteiger charge is 2.13. The van der Waals surface area contributed by atoms with E-state index in [1.807, 2.05) is 30.3 Å². The van der Waals surface area contributed by atoms with Crippen LogP contribution in [-0.2, 0) is 16.6 Å². The SMILES string of the molecule is CC(C)(C)c1ccc(OCCCC(=O)NCCc2ccc3c(c2)OCCO3)cc1. The van der Waals surface area contributed by atoms with E-state index in [0.717, 1.165) is 29.2 Å². The van der Waals surface area contributed by atoms with E-state index < -0.39 is 0 Å². The second kappa shape index (κ2) is 9.68. The summed E-state index contributed by atoms with van der Waals surface area (Å²) in [6.45, 7) is 8.88. The molecule has 1 amide bonds. The molecule has 0 bridgehead atoms. The van der Waals surface area contributed by atoms with Gasteiger partial charge in [0.2, 0.25) is 5.91 Å². The number of fused-ring (bicyclic) bond motifs is 1. The van der Waals surface area contributed by atoms with Gasteiger partial charge in [-0.1, -0.05) is 39.0 Å². The van der Waals surface area contributed by atoms with Crippen LogP contribution in [0.4, 0.5) is 0 Å². The van der Waals surface area contributed by atoms with Gasteiger partial charge in [-0.2, -0.15) is 0 Å². The third-order valence-electron chi connectivity index (χ3n) is 4.88. The molecule has 5 nitrogen and oxygen atoms in total. The lowest BCUT2D eigenvalue weighted by Gasteiger charge is -2.19. The molecule has 2 aromatic rings. The molecular weight excluding hydrogens is 366 g/mol. The summed E-state index contributed by atoms with van der Waals surface area (Å²) in [5.41, 5.74) is 2.54. The maximum absolute atomic E-state index is 12.0. The second-order valence-corrected chi connectivity index (χ2v) is 8.30. The van der Waals surface area contributed by atoms with Gasteiger partial charge in [0.1, 0.15) is 19.0 Å². The second-order valence-electron chi connectivity index (χ2n) is 8.30. The molecule has 5 heteroatoms. The summed E-state index contributed by atoms with van der Waals surface area (Å²) in [5, 5.41) is 2.97. The first kappa shape index (κ1) is 21.0. The van der Waals surface area contributed by atoms with Crippen molar-refractivity contribution in [2.45, 2.75) is 45.4 Å². The Labute approximate surface area is 173 Å². The molecule has 2 aromatic carbocycles.